The van der Waals surface area contributed by atoms with Crippen LogP contribution in [-0.4, -0.2) is 25.8 Å². The largest absolute Gasteiger partial charge is 0.486 e. The van der Waals surface area contributed by atoms with E-state index in [9.17, 15) is 4.79 Å². The number of rotatable bonds is 7. The third kappa shape index (κ3) is 4.83. The van der Waals surface area contributed by atoms with E-state index in [1.165, 1.54) is 12.8 Å². The van der Waals surface area contributed by atoms with E-state index in [1.54, 1.807) is 0 Å². The van der Waals surface area contributed by atoms with Gasteiger partial charge in [0.1, 0.15) is 13.2 Å². The molecule has 1 aliphatic heterocycles. The van der Waals surface area contributed by atoms with E-state index in [0.717, 1.165) is 36.4 Å². The molecule has 1 atom stereocenters. The maximum Gasteiger partial charge on any atom is 0.315 e. The number of hydrogen-bond donors (Lipinski definition) is 2. The first-order valence-corrected chi connectivity index (χ1v) is 8.14. The Labute approximate surface area is 132 Å². The summed E-state index contributed by atoms with van der Waals surface area (Å²) in [6.07, 6.45) is 4.61. The number of ether oxygens (including phenoxy) is 2. The number of unbranched alkanes of at least 4 members (excludes halogenated alkanes) is 3. The molecule has 5 heteroatoms. The zero-order valence-corrected chi connectivity index (χ0v) is 13.5. The lowest BCUT2D eigenvalue weighted by molar-refractivity contribution is 0.171. The first-order valence-electron chi connectivity index (χ1n) is 8.14. The van der Waals surface area contributed by atoms with Crippen molar-refractivity contribution in [1.29, 1.82) is 0 Å². The predicted molar refractivity (Wildman–Crippen MR) is 86.5 cm³/mol. The van der Waals surface area contributed by atoms with Crippen LogP contribution in [0.5, 0.6) is 11.5 Å². The van der Waals surface area contributed by atoms with Gasteiger partial charge in [-0.1, -0.05) is 32.3 Å². The van der Waals surface area contributed by atoms with E-state index in [2.05, 4.69) is 17.6 Å². The molecule has 0 spiro atoms. The summed E-state index contributed by atoms with van der Waals surface area (Å²) in [6.45, 7) is 6.01. The maximum absolute atomic E-state index is 11.9. The molecule has 0 aliphatic carbocycles. The van der Waals surface area contributed by atoms with Crippen molar-refractivity contribution in [3.63, 3.8) is 0 Å². The van der Waals surface area contributed by atoms with Crippen molar-refractivity contribution in [2.75, 3.05) is 19.8 Å². The molecule has 0 radical (unpaired) electrons. The van der Waals surface area contributed by atoms with E-state index in [0.29, 0.717) is 13.2 Å². The van der Waals surface area contributed by atoms with Crippen LogP contribution in [0.3, 0.4) is 0 Å². The fourth-order valence-corrected chi connectivity index (χ4v) is 2.41. The van der Waals surface area contributed by atoms with Gasteiger partial charge in [0.05, 0.1) is 6.04 Å². The highest BCUT2D eigenvalue weighted by Crippen LogP contribution is 2.32. The van der Waals surface area contributed by atoms with Crippen LogP contribution in [0.2, 0.25) is 0 Å². The normalized spacial score (nSPS) is 14.3. The fraction of sp³-hybridized carbons (Fsp3) is 0.588. The average molecular weight is 306 g/mol. The van der Waals surface area contributed by atoms with Crippen molar-refractivity contribution in [3.8, 4) is 11.5 Å². The van der Waals surface area contributed by atoms with Gasteiger partial charge in [-0.15, -0.1) is 0 Å². The second-order valence-corrected chi connectivity index (χ2v) is 5.59. The summed E-state index contributed by atoms with van der Waals surface area (Å²) in [5, 5.41) is 5.85. The minimum Gasteiger partial charge on any atom is -0.486 e. The highest BCUT2D eigenvalue weighted by atomic mass is 16.6. The number of benzene rings is 1. The second-order valence-electron chi connectivity index (χ2n) is 5.59. The molecule has 0 saturated carbocycles. The van der Waals surface area contributed by atoms with Gasteiger partial charge in [0.25, 0.3) is 0 Å². The molecular formula is C17H26N2O3. The molecular weight excluding hydrogens is 280 g/mol. The van der Waals surface area contributed by atoms with Crippen LogP contribution in [-0.2, 0) is 0 Å². The van der Waals surface area contributed by atoms with Crippen LogP contribution in [0.4, 0.5) is 4.79 Å². The van der Waals surface area contributed by atoms with Crippen molar-refractivity contribution in [2.24, 2.45) is 0 Å². The van der Waals surface area contributed by atoms with E-state index in [-0.39, 0.29) is 12.1 Å². The van der Waals surface area contributed by atoms with Crippen LogP contribution in [0.25, 0.3) is 0 Å². The number of urea groups is 1. The first kappa shape index (κ1) is 16.5. The quantitative estimate of drug-likeness (QED) is 0.759. The summed E-state index contributed by atoms with van der Waals surface area (Å²) in [5.74, 6) is 1.51. The van der Waals surface area contributed by atoms with Gasteiger partial charge in [-0.2, -0.15) is 0 Å². The van der Waals surface area contributed by atoms with Gasteiger partial charge in [-0.05, 0) is 31.0 Å². The molecule has 0 saturated heterocycles. The molecule has 1 heterocycles. The summed E-state index contributed by atoms with van der Waals surface area (Å²) in [6, 6.07) is 5.58. The molecule has 0 aromatic heterocycles. The summed E-state index contributed by atoms with van der Waals surface area (Å²) < 4.78 is 11.1. The molecule has 5 nitrogen and oxygen atoms in total. The van der Waals surface area contributed by atoms with Gasteiger partial charge >= 0.3 is 6.03 Å². The Morgan fingerprint density at radius 2 is 1.95 bits per heavy atom. The smallest absolute Gasteiger partial charge is 0.315 e. The molecule has 1 aromatic rings. The minimum atomic E-state index is -0.126. The van der Waals surface area contributed by atoms with Crippen LogP contribution < -0.4 is 20.1 Å². The Morgan fingerprint density at radius 3 is 2.73 bits per heavy atom. The van der Waals surface area contributed by atoms with Crippen molar-refractivity contribution >= 4 is 6.03 Å². The third-order valence-electron chi connectivity index (χ3n) is 3.73. The molecule has 0 bridgehead atoms. The highest BCUT2D eigenvalue weighted by molar-refractivity contribution is 5.74. The zero-order valence-electron chi connectivity index (χ0n) is 13.5. The average Bonchev–Trinajstić information content (AvgIpc) is 2.54. The molecule has 2 amide bonds. The molecule has 1 aromatic carbocycles. The first-order chi connectivity index (χ1) is 10.7. The molecule has 1 unspecified atom stereocenters. The monoisotopic (exact) mass is 306 g/mol. The lowest BCUT2D eigenvalue weighted by Crippen LogP contribution is -2.37. The maximum atomic E-state index is 11.9. The van der Waals surface area contributed by atoms with Gasteiger partial charge < -0.3 is 20.1 Å². The van der Waals surface area contributed by atoms with E-state index < -0.39 is 0 Å². The van der Waals surface area contributed by atoms with Gasteiger partial charge in [-0.25, -0.2) is 4.79 Å². The minimum absolute atomic E-state index is 0.0773. The number of hydrogen-bond acceptors (Lipinski definition) is 3. The number of nitrogens with one attached hydrogen (secondary N) is 2. The summed E-state index contributed by atoms with van der Waals surface area (Å²) in [7, 11) is 0. The Bertz CT molecular complexity index is 491. The molecule has 2 N–H and O–H groups in total. The standard InChI is InChI=1S/C17H26N2O3/c1-3-4-5-6-9-18-17(20)19-13(2)14-7-8-15-16(12-14)22-11-10-21-15/h7-8,12-13H,3-6,9-11H2,1-2H3,(H2,18,19,20). The lowest BCUT2D eigenvalue weighted by Gasteiger charge is -2.21. The predicted octanol–water partition coefficient (Wildman–Crippen LogP) is 3.40. The van der Waals surface area contributed by atoms with Gasteiger partial charge in [-0.3, -0.25) is 0 Å². The molecule has 22 heavy (non-hydrogen) atoms. The number of carbonyl (C=O) groups is 1. The Morgan fingerprint density at radius 1 is 1.18 bits per heavy atom. The van der Waals surface area contributed by atoms with Crippen molar-refractivity contribution < 1.29 is 14.3 Å². The second kappa shape index (κ2) is 8.51. The summed E-state index contributed by atoms with van der Waals surface area (Å²) >= 11 is 0. The lowest BCUT2D eigenvalue weighted by atomic mass is 10.1. The number of fused-ring (bicyclic) bond motifs is 1. The van der Waals surface area contributed by atoms with Crippen LogP contribution in [0, 0.1) is 0 Å². The molecule has 122 valence electrons. The van der Waals surface area contributed by atoms with E-state index in [1.807, 2.05) is 25.1 Å². The highest BCUT2D eigenvalue weighted by Gasteiger charge is 2.15. The van der Waals surface area contributed by atoms with Gasteiger partial charge in [0.15, 0.2) is 11.5 Å². The van der Waals surface area contributed by atoms with Crippen LogP contribution in [0.15, 0.2) is 18.2 Å². The third-order valence-corrected chi connectivity index (χ3v) is 3.73. The number of amides is 2. The van der Waals surface area contributed by atoms with Gasteiger partial charge in [0, 0.05) is 6.54 Å². The van der Waals surface area contributed by atoms with Crippen LogP contribution in [0.1, 0.15) is 51.1 Å². The van der Waals surface area contributed by atoms with E-state index >= 15 is 0 Å². The van der Waals surface area contributed by atoms with Crippen molar-refractivity contribution in [3.05, 3.63) is 23.8 Å². The number of carbonyl (C=O) groups excluding carboxylic acids is 1. The molecule has 2 rings (SSSR count). The van der Waals surface area contributed by atoms with E-state index in [4.69, 9.17) is 9.47 Å². The Hall–Kier alpha value is -1.91. The van der Waals surface area contributed by atoms with Crippen LogP contribution >= 0.6 is 0 Å². The SMILES string of the molecule is CCCCCCNC(=O)NC(C)c1ccc2c(c1)OCCO2. The summed E-state index contributed by atoms with van der Waals surface area (Å²) in [5.41, 5.74) is 1.00. The molecule has 0 fully saturated rings. The van der Waals surface area contributed by atoms with Crippen molar-refractivity contribution in [2.45, 2.75) is 45.6 Å². The Balaban J connectivity index is 1.79. The Kier molecular flexibility index (Phi) is 6.37. The zero-order chi connectivity index (χ0) is 15.8. The fourth-order valence-electron chi connectivity index (χ4n) is 2.41. The van der Waals surface area contributed by atoms with Gasteiger partial charge in [0.2, 0.25) is 0 Å². The topological polar surface area (TPSA) is 59.6 Å². The van der Waals surface area contributed by atoms with Crippen molar-refractivity contribution in [1.82, 2.24) is 10.6 Å². The summed E-state index contributed by atoms with van der Waals surface area (Å²) in [4.78, 5) is 11.9. The molecule has 1 aliphatic rings.